The van der Waals surface area contributed by atoms with Crippen LogP contribution in [0.25, 0.3) is 0 Å². The average Bonchev–Trinajstić information content (AvgIpc) is 2.91. The number of carbonyl (C=O) groups excluding carboxylic acids is 3. The molecule has 0 fully saturated rings. The van der Waals surface area contributed by atoms with Crippen molar-refractivity contribution in [3.05, 3.63) is 83.9 Å². The van der Waals surface area contributed by atoms with Crippen molar-refractivity contribution in [2.75, 3.05) is 23.8 Å². The molecule has 3 aromatic carbocycles. The number of rotatable bonds is 12. The second-order valence-corrected chi connectivity index (χ2v) is 9.35. The molecule has 38 heavy (non-hydrogen) atoms. The van der Waals surface area contributed by atoms with Crippen LogP contribution < -0.4 is 15.4 Å². The second-order valence-electron chi connectivity index (χ2n) is 8.29. The highest BCUT2D eigenvalue weighted by atomic mass is 32.2. The molecule has 2 amide bonds. The Kier molecular flexibility index (Phi) is 10.7. The van der Waals surface area contributed by atoms with Crippen molar-refractivity contribution in [3.8, 4) is 5.75 Å². The fraction of sp³-hybridized carbons (Fsp3) is 0.250. The molecule has 3 rings (SSSR count). The highest BCUT2D eigenvalue weighted by Crippen LogP contribution is 2.26. The maximum absolute atomic E-state index is 12.6. The number of benzene rings is 3. The molecule has 0 bridgehead atoms. The van der Waals surface area contributed by atoms with Gasteiger partial charge in [-0.15, -0.1) is 0 Å². The molecule has 200 valence electrons. The number of esters is 1. The lowest BCUT2D eigenvalue weighted by Gasteiger charge is -2.12. The minimum atomic E-state index is -2.53. The predicted molar refractivity (Wildman–Crippen MR) is 143 cm³/mol. The number of hydrogen-bond donors (Lipinski definition) is 2. The summed E-state index contributed by atoms with van der Waals surface area (Å²) in [4.78, 5) is 37.5. The van der Waals surface area contributed by atoms with Gasteiger partial charge >= 0.3 is 5.97 Å². The standard InChI is InChI=1S/C28H28F2N2O5S/c1-3-18(2)19-8-10-20(11-9-19)31-26(34)17-37-27(35)23-6-4-5-7-24(23)36-16-25(33)32-21-12-14-22(15-13-21)38-28(29)30/h4-15,18,28H,3,16-17H2,1-2H3,(H,31,34)(H,32,33)/t18-/m0/s1. The Bertz CT molecular complexity index is 1240. The van der Waals surface area contributed by atoms with E-state index in [0.29, 0.717) is 34.0 Å². The van der Waals surface area contributed by atoms with E-state index >= 15 is 0 Å². The average molecular weight is 543 g/mol. The van der Waals surface area contributed by atoms with Crippen LogP contribution in [-0.4, -0.2) is 36.8 Å². The van der Waals surface area contributed by atoms with Crippen LogP contribution in [0, 0.1) is 0 Å². The third kappa shape index (κ3) is 8.88. The smallest absolute Gasteiger partial charge is 0.342 e. The summed E-state index contributed by atoms with van der Waals surface area (Å²) in [6, 6.07) is 19.6. The van der Waals surface area contributed by atoms with Crippen molar-refractivity contribution in [1.82, 2.24) is 0 Å². The quantitative estimate of drug-likeness (QED) is 0.205. The van der Waals surface area contributed by atoms with Crippen molar-refractivity contribution >= 4 is 40.9 Å². The van der Waals surface area contributed by atoms with Crippen molar-refractivity contribution < 1.29 is 32.6 Å². The lowest BCUT2D eigenvalue weighted by atomic mass is 9.99. The maximum atomic E-state index is 12.6. The molecule has 0 radical (unpaired) electrons. The summed E-state index contributed by atoms with van der Waals surface area (Å²) in [7, 11) is 0. The highest BCUT2D eigenvalue weighted by molar-refractivity contribution is 7.99. The summed E-state index contributed by atoms with van der Waals surface area (Å²) in [6.45, 7) is 3.32. The topological polar surface area (TPSA) is 93.7 Å². The van der Waals surface area contributed by atoms with Gasteiger partial charge in [-0.2, -0.15) is 8.78 Å². The van der Waals surface area contributed by atoms with Crippen LogP contribution in [0.15, 0.2) is 77.7 Å². The Balaban J connectivity index is 1.49. The first-order valence-electron chi connectivity index (χ1n) is 11.9. The minimum Gasteiger partial charge on any atom is -0.483 e. The molecule has 0 aromatic heterocycles. The molecule has 10 heteroatoms. The van der Waals surface area contributed by atoms with Gasteiger partial charge in [-0.25, -0.2) is 4.79 Å². The van der Waals surface area contributed by atoms with Gasteiger partial charge in [-0.1, -0.05) is 49.9 Å². The molecule has 0 unspecified atom stereocenters. The Morgan fingerprint density at radius 1 is 0.842 bits per heavy atom. The molecular weight excluding hydrogens is 514 g/mol. The predicted octanol–water partition coefficient (Wildman–Crippen LogP) is 6.33. The van der Waals surface area contributed by atoms with Crippen molar-refractivity contribution in [1.29, 1.82) is 0 Å². The van der Waals surface area contributed by atoms with Gasteiger partial charge in [-0.05, 0) is 66.4 Å². The molecular formula is C28H28F2N2O5S. The van der Waals surface area contributed by atoms with Gasteiger partial charge in [0, 0.05) is 16.3 Å². The summed E-state index contributed by atoms with van der Waals surface area (Å²) in [5, 5.41) is 5.27. The first kappa shape index (κ1) is 28.6. The SMILES string of the molecule is CC[C@H](C)c1ccc(NC(=O)COC(=O)c2ccccc2OCC(=O)Nc2ccc(SC(F)F)cc2)cc1. The number of anilines is 2. The Labute approximate surface area is 223 Å². The third-order valence-electron chi connectivity index (χ3n) is 5.54. The van der Waals surface area contributed by atoms with Gasteiger partial charge in [0.2, 0.25) is 0 Å². The molecule has 3 aromatic rings. The van der Waals surface area contributed by atoms with E-state index in [9.17, 15) is 23.2 Å². The van der Waals surface area contributed by atoms with Crippen LogP contribution in [0.3, 0.4) is 0 Å². The van der Waals surface area contributed by atoms with Crippen molar-refractivity contribution in [2.45, 2.75) is 36.8 Å². The zero-order chi connectivity index (χ0) is 27.5. The number of hydrogen-bond acceptors (Lipinski definition) is 6. The molecule has 0 aliphatic carbocycles. The number of thioether (sulfide) groups is 1. The number of amides is 2. The number of carbonyl (C=O) groups is 3. The summed E-state index contributed by atoms with van der Waals surface area (Å²) in [6.07, 6.45) is 1.01. The van der Waals surface area contributed by atoms with E-state index in [1.807, 2.05) is 12.1 Å². The Morgan fingerprint density at radius 3 is 2.03 bits per heavy atom. The van der Waals surface area contributed by atoms with E-state index in [0.717, 1.165) is 6.42 Å². The largest absolute Gasteiger partial charge is 0.483 e. The van der Waals surface area contributed by atoms with E-state index in [1.165, 1.54) is 42.0 Å². The molecule has 0 saturated carbocycles. The summed E-state index contributed by atoms with van der Waals surface area (Å²) < 4.78 is 35.5. The number of alkyl halides is 2. The number of halogens is 2. The molecule has 0 heterocycles. The van der Waals surface area contributed by atoms with E-state index < -0.39 is 36.8 Å². The van der Waals surface area contributed by atoms with Crippen LogP contribution in [0.2, 0.25) is 0 Å². The fourth-order valence-corrected chi connectivity index (χ4v) is 3.86. The van der Waals surface area contributed by atoms with E-state index in [-0.39, 0.29) is 11.3 Å². The van der Waals surface area contributed by atoms with Crippen LogP contribution in [-0.2, 0) is 14.3 Å². The number of ether oxygens (including phenoxy) is 2. The van der Waals surface area contributed by atoms with Crippen molar-refractivity contribution in [2.24, 2.45) is 0 Å². The summed E-state index contributed by atoms with van der Waals surface area (Å²) in [5.74, 6) is -3.80. The molecule has 2 N–H and O–H groups in total. The van der Waals surface area contributed by atoms with Gasteiger partial charge in [0.25, 0.3) is 17.6 Å². The van der Waals surface area contributed by atoms with Crippen LogP contribution in [0.4, 0.5) is 20.2 Å². The fourth-order valence-electron chi connectivity index (χ4n) is 3.36. The first-order chi connectivity index (χ1) is 18.2. The van der Waals surface area contributed by atoms with E-state index in [2.05, 4.69) is 24.5 Å². The minimum absolute atomic E-state index is 0.0550. The van der Waals surface area contributed by atoms with Crippen LogP contribution in [0.1, 0.15) is 42.1 Å². The maximum Gasteiger partial charge on any atom is 0.342 e. The molecule has 0 spiro atoms. The zero-order valence-corrected chi connectivity index (χ0v) is 21.7. The summed E-state index contributed by atoms with van der Waals surface area (Å²) >= 11 is 0.406. The second kappa shape index (κ2) is 14.1. The van der Waals surface area contributed by atoms with Gasteiger partial charge < -0.3 is 20.1 Å². The normalized spacial score (nSPS) is 11.5. The van der Waals surface area contributed by atoms with Crippen molar-refractivity contribution in [3.63, 3.8) is 0 Å². The molecule has 0 aliphatic rings. The molecule has 7 nitrogen and oxygen atoms in total. The van der Waals surface area contributed by atoms with Gasteiger partial charge in [0.05, 0.1) is 0 Å². The lowest BCUT2D eigenvalue weighted by Crippen LogP contribution is -2.22. The van der Waals surface area contributed by atoms with Gasteiger partial charge in [0.1, 0.15) is 11.3 Å². The molecule has 1 atom stereocenters. The van der Waals surface area contributed by atoms with Gasteiger partial charge in [-0.3, -0.25) is 9.59 Å². The van der Waals surface area contributed by atoms with Crippen LogP contribution >= 0.6 is 11.8 Å². The number of nitrogens with one attached hydrogen (secondary N) is 2. The highest BCUT2D eigenvalue weighted by Gasteiger charge is 2.17. The van der Waals surface area contributed by atoms with Crippen LogP contribution in [0.5, 0.6) is 5.75 Å². The zero-order valence-electron chi connectivity index (χ0n) is 20.9. The monoisotopic (exact) mass is 542 g/mol. The summed E-state index contributed by atoms with van der Waals surface area (Å²) in [5.41, 5.74) is 2.23. The molecule has 0 saturated heterocycles. The van der Waals surface area contributed by atoms with E-state index in [4.69, 9.17) is 9.47 Å². The lowest BCUT2D eigenvalue weighted by molar-refractivity contribution is -0.119. The van der Waals surface area contributed by atoms with E-state index in [1.54, 1.807) is 24.3 Å². The Morgan fingerprint density at radius 2 is 1.42 bits per heavy atom. The molecule has 0 aliphatic heterocycles. The van der Waals surface area contributed by atoms with Gasteiger partial charge in [0.15, 0.2) is 13.2 Å². The Hall–Kier alpha value is -3.92. The first-order valence-corrected chi connectivity index (χ1v) is 12.8. The number of para-hydroxylation sites is 1. The third-order valence-corrected chi connectivity index (χ3v) is 6.26.